The summed E-state index contributed by atoms with van der Waals surface area (Å²) in [5.74, 6) is 0. The molecule has 3 rings (SSSR count). The fourth-order valence-electron chi connectivity index (χ4n) is 4.62. The van der Waals surface area contributed by atoms with Crippen molar-refractivity contribution in [2.24, 2.45) is 0 Å². The molecule has 0 saturated carbocycles. The lowest BCUT2D eigenvalue weighted by Crippen LogP contribution is -2.48. The minimum Gasteiger partial charge on any atom is -0.453 e. The smallest absolute Gasteiger partial charge is 0.416 e. The highest BCUT2D eigenvalue weighted by Gasteiger charge is 2.43. The first-order chi connectivity index (χ1) is 18.4. The van der Waals surface area contributed by atoms with Crippen molar-refractivity contribution in [1.29, 1.82) is 0 Å². The molecule has 15 heteroatoms. The van der Waals surface area contributed by atoms with Crippen LogP contribution in [0, 0.1) is 0 Å². The van der Waals surface area contributed by atoms with E-state index in [0.717, 1.165) is 30.1 Å². The van der Waals surface area contributed by atoms with E-state index in [0.29, 0.717) is 24.3 Å². The van der Waals surface area contributed by atoms with Gasteiger partial charge in [-0.2, -0.15) is 39.5 Å². The van der Waals surface area contributed by atoms with Crippen molar-refractivity contribution in [3.05, 3.63) is 64.2 Å². The molecule has 2 atom stereocenters. The maximum Gasteiger partial charge on any atom is 0.416 e. The van der Waals surface area contributed by atoms with E-state index in [1.165, 1.54) is 0 Å². The van der Waals surface area contributed by atoms with E-state index in [4.69, 9.17) is 9.47 Å². The van der Waals surface area contributed by atoms with E-state index in [1.807, 2.05) is 0 Å². The highest BCUT2D eigenvalue weighted by molar-refractivity contribution is 5.90. The van der Waals surface area contributed by atoms with Crippen molar-refractivity contribution in [3.8, 4) is 0 Å². The van der Waals surface area contributed by atoms with Gasteiger partial charge < -0.3 is 9.47 Å². The Kier molecular flexibility index (Phi) is 8.56. The maximum absolute atomic E-state index is 13.6. The van der Waals surface area contributed by atoms with Gasteiger partial charge in [-0.3, -0.25) is 9.80 Å². The summed E-state index contributed by atoms with van der Waals surface area (Å²) in [5.41, 5.74) is -5.30. The van der Waals surface area contributed by atoms with Crippen molar-refractivity contribution in [2.45, 2.75) is 56.9 Å². The Morgan fingerprint density at radius 3 is 1.85 bits per heavy atom. The summed E-state index contributed by atoms with van der Waals surface area (Å²) in [4.78, 5) is 27.3. The number of hydrogen-bond donors (Lipinski definition) is 0. The molecule has 0 bridgehead atoms. The second-order valence-corrected chi connectivity index (χ2v) is 8.94. The van der Waals surface area contributed by atoms with Crippen LogP contribution >= 0.6 is 0 Å². The molecule has 0 radical (unpaired) electrons. The highest BCUT2D eigenvalue weighted by atomic mass is 19.4. The number of nitrogens with zero attached hydrogens (tertiary/aromatic N) is 2. The Balaban J connectivity index is 2.23. The SMILES string of the molecule is CC[C@@H]1C[C@H](N(Cc2cc(C(F)(F)F)cc(C(F)(F)F)c2)C(=O)OC)c2cc(C(F)(F)F)ccc2N1C(=O)OC. The molecular formula is C25H23F9N2O4. The molecule has 1 aliphatic heterocycles. The number of alkyl halides is 9. The maximum atomic E-state index is 13.6. The second-order valence-electron chi connectivity index (χ2n) is 8.94. The first-order valence-corrected chi connectivity index (χ1v) is 11.6. The number of methoxy groups -OCH3 is 2. The first-order valence-electron chi connectivity index (χ1n) is 11.6. The topological polar surface area (TPSA) is 59.1 Å². The third-order valence-electron chi connectivity index (χ3n) is 6.46. The number of ether oxygens (including phenoxy) is 2. The zero-order valence-corrected chi connectivity index (χ0v) is 21.2. The molecule has 0 N–H and O–H groups in total. The van der Waals surface area contributed by atoms with Crippen LogP contribution in [0.1, 0.15) is 53.6 Å². The van der Waals surface area contributed by atoms with Crippen LogP contribution in [0.4, 0.5) is 54.8 Å². The number of carbonyl (C=O) groups is 2. The minimum atomic E-state index is -5.17. The van der Waals surface area contributed by atoms with Crippen LogP contribution < -0.4 is 4.90 Å². The van der Waals surface area contributed by atoms with Gasteiger partial charge in [-0.15, -0.1) is 0 Å². The molecule has 2 aromatic carbocycles. The third kappa shape index (κ3) is 6.39. The summed E-state index contributed by atoms with van der Waals surface area (Å²) < 4.78 is 131. The van der Waals surface area contributed by atoms with Gasteiger partial charge in [0.25, 0.3) is 0 Å². The van der Waals surface area contributed by atoms with Crippen LogP contribution in [-0.4, -0.2) is 37.3 Å². The summed E-state index contributed by atoms with van der Waals surface area (Å²) in [7, 11) is 1.95. The summed E-state index contributed by atoms with van der Waals surface area (Å²) in [6, 6.07) is 1.02. The molecule has 0 unspecified atom stereocenters. The molecular weight excluding hydrogens is 563 g/mol. The van der Waals surface area contributed by atoms with E-state index < -0.39 is 71.6 Å². The average Bonchev–Trinajstić information content (AvgIpc) is 2.87. The molecule has 2 aromatic rings. The van der Waals surface area contributed by atoms with Gasteiger partial charge in [0.1, 0.15) is 0 Å². The zero-order chi connectivity index (χ0) is 30.2. The molecule has 0 aromatic heterocycles. The summed E-state index contributed by atoms with van der Waals surface area (Å²) >= 11 is 0. The lowest BCUT2D eigenvalue weighted by molar-refractivity contribution is -0.143. The summed E-state index contributed by atoms with van der Waals surface area (Å²) in [5, 5.41) is 0. The fraction of sp³-hybridized carbons (Fsp3) is 0.440. The number of anilines is 1. The highest BCUT2D eigenvalue weighted by Crippen LogP contribution is 2.45. The predicted molar refractivity (Wildman–Crippen MR) is 122 cm³/mol. The Bertz CT molecular complexity index is 1230. The Morgan fingerprint density at radius 1 is 0.850 bits per heavy atom. The lowest BCUT2D eigenvalue weighted by atomic mass is 9.87. The third-order valence-corrected chi connectivity index (χ3v) is 6.46. The normalized spacial score (nSPS) is 17.8. The van der Waals surface area contributed by atoms with Crippen molar-refractivity contribution in [1.82, 2.24) is 4.90 Å². The van der Waals surface area contributed by atoms with Gasteiger partial charge in [0.2, 0.25) is 0 Å². The Morgan fingerprint density at radius 2 is 1.40 bits per heavy atom. The van der Waals surface area contributed by atoms with Crippen molar-refractivity contribution >= 4 is 17.9 Å². The van der Waals surface area contributed by atoms with E-state index in [2.05, 4.69) is 0 Å². The molecule has 2 amide bonds. The fourth-order valence-corrected chi connectivity index (χ4v) is 4.62. The van der Waals surface area contributed by atoms with Crippen molar-refractivity contribution in [3.63, 3.8) is 0 Å². The minimum absolute atomic E-state index is 0.0723. The monoisotopic (exact) mass is 586 g/mol. The van der Waals surface area contributed by atoms with Gasteiger partial charge in [0.05, 0.1) is 42.6 Å². The second kappa shape index (κ2) is 11.1. The predicted octanol–water partition coefficient (Wildman–Crippen LogP) is 7.81. The number of hydrogen-bond acceptors (Lipinski definition) is 4. The Hall–Kier alpha value is -3.65. The first kappa shape index (κ1) is 30.9. The molecule has 0 aliphatic carbocycles. The number of carbonyl (C=O) groups excluding carboxylic acids is 2. The van der Waals surface area contributed by atoms with Crippen LogP contribution in [0.5, 0.6) is 0 Å². The van der Waals surface area contributed by atoms with Crippen LogP contribution in [0.3, 0.4) is 0 Å². The van der Waals surface area contributed by atoms with Gasteiger partial charge in [-0.1, -0.05) is 6.92 Å². The molecule has 0 fully saturated rings. The average molecular weight is 586 g/mol. The van der Waals surface area contributed by atoms with E-state index in [9.17, 15) is 49.1 Å². The van der Waals surface area contributed by atoms with Gasteiger partial charge in [-0.05, 0) is 60.4 Å². The van der Waals surface area contributed by atoms with Crippen molar-refractivity contribution < 1.29 is 58.6 Å². The van der Waals surface area contributed by atoms with E-state index in [-0.39, 0.29) is 30.2 Å². The van der Waals surface area contributed by atoms with E-state index in [1.54, 1.807) is 6.92 Å². The van der Waals surface area contributed by atoms with Crippen molar-refractivity contribution in [2.75, 3.05) is 19.1 Å². The largest absolute Gasteiger partial charge is 0.453 e. The molecule has 0 saturated heterocycles. The quantitative estimate of drug-likeness (QED) is 0.343. The molecule has 220 valence electrons. The number of amides is 2. The molecule has 40 heavy (non-hydrogen) atoms. The molecule has 1 heterocycles. The number of benzene rings is 2. The number of halogens is 9. The van der Waals surface area contributed by atoms with Gasteiger partial charge >= 0.3 is 30.7 Å². The summed E-state index contributed by atoms with van der Waals surface area (Å²) in [6.45, 7) is 0.756. The van der Waals surface area contributed by atoms with E-state index >= 15 is 0 Å². The van der Waals surface area contributed by atoms with Crippen LogP contribution in [0.15, 0.2) is 36.4 Å². The lowest BCUT2D eigenvalue weighted by Gasteiger charge is -2.43. The number of fused-ring (bicyclic) bond motifs is 1. The standard InChI is InChI=1S/C25H23F9N2O4/c1-4-17-11-20(18-10-14(23(26,27)28)5-6-19(18)36(17)22(38)40-3)35(21(37)39-2)12-13-7-15(24(29,30)31)9-16(8-13)25(32,33)34/h5-10,17,20H,4,11-12H2,1-3H3/t17-,20+/m1/s1. The van der Waals surface area contributed by atoms with Crippen LogP contribution in [-0.2, 0) is 34.5 Å². The molecule has 0 spiro atoms. The Labute approximate surface area is 222 Å². The molecule has 1 aliphatic rings. The van der Waals surface area contributed by atoms with Gasteiger partial charge in [0.15, 0.2) is 0 Å². The number of rotatable bonds is 4. The van der Waals surface area contributed by atoms with Gasteiger partial charge in [-0.25, -0.2) is 9.59 Å². The zero-order valence-electron chi connectivity index (χ0n) is 21.2. The van der Waals surface area contributed by atoms with Gasteiger partial charge in [0, 0.05) is 12.6 Å². The molecule has 6 nitrogen and oxygen atoms in total. The van der Waals surface area contributed by atoms with Crippen LogP contribution in [0.2, 0.25) is 0 Å². The summed E-state index contributed by atoms with van der Waals surface area (Å²) in [6.07, 6.45) is -17.3. The van der Waals surface area contributed by atoms with Crippen LogP contribution in [0.25, 0.3) is 0 Å².